The predicted octanol–water partition coefficient (Wildman–Crippen LogP) is 3.14. The number of benzene rings is 2. The zero-order chi connectivity index (χ0) is 17.2. The van der Waals surface area contributed by atoms with Crippen LogP contribution < -0.4 is 5.32 Å². The third kappa shape index (κ3) is 4.05. The SMILES string of the molecule is O=C(NCCS(=O)(=O)c1ccccc1)C1CC1c1cccc(Br)c1. The summed E-state index contributed by atoms with van der Waals surface area (Å²) in [5.41, 5.74) is 1.14. The average Bonchev–Trinajstić information content (AvgIpc) is 3.36. The second-order valence-corrected chi connectivity index (χ2v) is 8.95. The number of carbonyl (C=O) groups is 1. The Kier molecular flexibility index (Phi) is 5.06. The third-order valence-electron chi connectivity index (χ3n) is 4.18. The van der Waals surface area contributed by atoms with Crippen molar-refractivity contribution >= 4 is 31.7 Å². The quantitative estimate of drug-likeness (QED) is 0.799. The monoisotopic (exact) mass is 407 g/mol. The van der Waals surface area contributed by atoms with E-state index in [1.807, 2.05) is 24.3 Å². The highest BCUT2D eigenvalue weighted by molar-refractivity contribution is 9.10. The lowest BCUT2D eigenvalue weighted by Crippen LogP contribution is -2.30. The number of nitrogens with one attached hydrogen (secondary N) is 1. The number of hydrogen-bond donors (Lipinski definition) is 1. The first-order chi connectivity index (χ1) is 11.5. The van der Waals surface area contributed by atoms with Gasteiger partial charge in [-0.15, -0.1) is 0 Å². The largest absolute Gasteiger partial charge is 0.355 e. The minimum absolute atomic E-state index is 0.0567. The van der Waals surface area contributed by atoms with E-state index in [1.54, 1.807) is 30.3 Å². The van der Waals surface area contributed by atoms with Crippen LogP contribution in [0.2, 0.25) is 0 Å². The van der Waals surface area contributed by atoms with Gasteiger partial charge in [-0.1, -0.05) is 46.3 Å². The minimum Gasteiger partial charge on any atom is -0.355 e. The predicted molar refractivity (Wildman–Crippen MR) is 96.5 cm³/mol. The molecule has 0 spiro atoms. The summed E-state index contributed by atoms with van der Waals surface area (Å²) < 4.78 is 25.3. The maximum absolute atomic E-state index is 12.2. The van der Waals surface area contributed by atoms with Crippen molar-refractivity contribution in [1.29, 1.82) is 0 Å². The number of rotatable bonds is 6. The van der Waals surface area contributed by atoms with E-state index in [9.17, 15) is 13.2 Å². The third-order valence-corrected chi connectivity index (χ3v) is 6.40. The molecule has 126 valence electrons. The topological polar surface area (TPSA) is 63.2 Å². The van der Waals surface area contributed by atoms with Crippen LogP contribution in [-0.4, -0.2) is 26.6 Å². The molecular weight excluding hydrogens is 390 g/mol. The van der Waals surface area contributed by atoms with Gasteiger partial charge in [0.25, 0.3) is 0 Å². The molecule has 0 heterocycles. The fraction of sp³-hybridized carbons (Fsp3) is 0.278. The zero-order valence-electron chi connectivity index (χ0n) is 13.0. The maximum atomic E-state index is 12.2. The molecule has 3 rings (SSSR count). The summed E-state index contributed by atoms with van der Waals surface area (Å²) in [6.07, 6.45) is 0.813. The van der Waals surface area contributed by atoms with E-state index < -0.39 is 9.84 Å². The van der Waals surface area contributed by atoms with E-state index >= 15 is 0 Å². The molecule has 0 aliphatic heterocycles. The van der Waals surface area contributed by atoms with E-state index in [4.69, 9.17) is 0 Å². The average molecular weight is 408 g/mol. The summed E-state index contributed by atoms with van der Waals surface area (Å²) in [6, 6.07) is 16.3. The molecule has 1 saturated carbocycles. The van der Waals surface area contributed by atoms with Gasteiger partial charge < -0.3 is 5.32 Å². The Morgan fingerprint density at radius 2 is 1.88 bits per heavy atom. The van der Waals surface area contributed by atoms with Crippen LogP contribution in [0, 0.1) is 5.92 Å². The number of hydrogen-bond acceptors (Lipinski definition) is 3. The van der Waals surface area contributed by atoms with Gasteiger partial charge in [-0.2, -0.15) is 0 Å². The Morgan fingerprint density at radius 3 is 2.58 bits per heavy atom. The van der Waals surface area contributed by atoms with Crippen molar-refractivity contribution in [2.45, 2.75) is 17.2 Å². The smallest absolute Gasteiger partial charge is 0.223 e. The lowest BCUT2D eigenvalue weighted by atomic mass is 10.1. The van der Waals surface area contributed by atoms with Gasteiger partial charge in [-0.3, -0.25) is 4.79 Å². The molecule has 1 aliphatic carbocycles. The summed E-state index contributed by atoms with van der Waals surface area (Å²) in [4.78, 5) is 12.5. The van der Waals surface area contributed by atoms with Gasteiger partial charge in [0.05, 0.1) is 10.6 Å². The van der Waals surface area contributed by atoms with Crippen molar-refractivity contribution in [1.82, 2.24) is 5.32 Å². The molecule has 1 aliphatic rings. The van der Waals surface area contributed by atoms with E-state index in [2.05, 4.69) is 21.2 Å². The lowest BCUT2D eigenvalue weighted by molar-refractivity contribution is -0.122. The lowest BCUT2D eigenvalue weighted by Gasteiger charge is -2.07. The van der Waals surface area contributed by atoms with Crippen molar-refractivity contribution in [2.75, 3.05) is 12.3 Å². The number of halogens is 1. The Hall–Kier alpha value is -1.66. The highest BCUT2D eigenvalue weighted by Crippen LogP contribution is 2.47. The summed E-state index contributed by atoms with van der Waals surface area (Å²) >= 11 is 3.43. The first-order valence-electron chi connectivity index (χ1n) is 7.78. The molecule has 2 unspecified atom stereocenters. The van der Waals surface area contributed by atoms with Crippen LogP contribution >= 0.6 is 15.9 Å². The molecule has 1 fully saturated rings. The molecule has 0 radical (unpaired) electrons. The molecule has 24 heavy (non-hydrogen) atoms. The second-order valence-electron chi connectivity index (χ2n) is 5.93. The number of amides is 1. The van der Waals surface area contributed by atoms with Gasteiger partial charge in [0.15, 0.2) is 9.84 Å². The van der Waals surface area contributed by atoms with Crippen molar-refractivity contribution in [3.05, 3.63) is 64.6 Å². The highest BCUT2D eigenvalue weighted by atomic mass is 79.9. The Labute approximate surface area is 150 Å². The Balaban J connectivity index is 1.51. The van der Waals surface area contributed by atoms with Crippen LogP contribution in [0.1, 0.15) is 17.9 Å². The number of carbonyl (C=O) groups excluding carboxylic acids is 1. The second kappa shape index (κ2) is 7.07. The normalized spacial score (nSPS) is 19.7. The van der Waals surface area contributed by atoms with Crippen LogP contribution in [0.4, 0.5) is 0 Å². The van der Waals surface area contributed by atoms with Crippen molar-refractivity contribution in [2.24, 2.45) is 5.92 Å². The summed E-state index contributed by atoms with van der Waals surface area (Å²) in [7, 11) is -3.35. The molecule has 0 aromatic heterocycles. The molecule has 4 nitrogen and oxygen atoms in total. The molecule has 1 N–H and O–H groups in total. The van der Waals surface area contributed by atoms with Gasteiger partial charge in [0.1, 0.15) is 0 Å². The minimum atomic E-state index is -3.35. The van der Waals surface area contributed by atoms with Crippen LogP contribution in [0.25, 0.3) is 0 Å². The highest BCUT2D eigenvalue weighted by Gasteiger charge is 2.43. The molecule has 0 saturated heterocycles. The van der Waals surface area contributed by atoms with E-state index in [0.29, 0.717) is 0 Å². The van der Waals surface area contributed by atoms with Gasteiger partial charge >= 0.3 is 0 Å². The van der Waals surface area contributed by atoms with Gasteiger partial charge in [-0.25, -0.2) is 8.42 Å². The first kappa shape index (κ1) is 17.2. The molecule has 1 amide bonds. The Bertz CT molecular complexity index is 836. The molecule has 2 aromatic carbocycles. The summed E-state index contributed by atoms with van der Waals surface area (Å²) in [5.74, 6) is 0.0204. The summed E-state index contributed by atoms with van der Waals surface area (Å²) in [5, 5.41) is 2.76. The molecule has 6 heteroatoms. The van der Waals surface area contributed by atoms with Crippen LogP contribution in [-0.2, 0) is 14.6 Å². The van der Waals surface area contributed by atoms with E-state index in [0.717, 1.165) is 16.5 Å². The molecule has 0 bridgehead atoms. The van der Waals surface area contributed by atoms with Gasteiger partial charge in [-0.05, 0) is 42.2 Å². The standard InChI is InChI=1S/C18H18BrNO3S/c19-14-6-4-5-13(11-14)16-12-17(16)18(21)20-9-10-24(22,23)15-7-2-1-3-8-15/h1-8,11,16-17H,9-10,12H2,(H,20,21). The first-order valence-corrected chi connectivity index (χ1v) is 10.2. The van der Waals surface area contributed by atoms with Crippen LogP contribution in [0.5, 0.6) is 0 Å². The fourth-order valence-electron chi connectivity index (χ4n) is 2.78. The van der Waals surface area contributed by atoms with Crippen molar-refractivity contribution < 1.29 is 13.2 Å². The van der Waals surface area contributed by atoms with Crippen LogP contribution in [0.3, 0.4) is 0 Å². The van der Waals surface area contributed by atoms with Crippen molar-refractivity contribution in [3.63, 3.8) is 0 Å². The van der Waals surface area contributed by atoms with E-state index in [1.165, 1.54) is 0 Å². The maximum Gasteiger partial charge on any atom is 0.223 e. The van der Waals surface area contributed by atoms with Gasteiger partial charge in [0, 0.05) is 16.9 Å². The van der Waals surface area contributed by atoms with Gasteiger partial charge in [0.2, 0.25) is 5.91 Å². The Morgan fingerprint density at radius 1 is 1.12 bits per heavy atom. The van der Waals surface area contributed by atoms with E-state index in [-0.39, 0.29) is 34.9 Å². The summed E-state index contributed by atoms with van der Waals surface area (Å²) in [6.45, 7) is 0.137. The molecule has 2 atom stereocenters. The molecule has 2 aromatic rings. The van der Waals surface area contributed by atoms with Crippen molar-refractivity contribution in [3.8, 4) is 0 Å². The zero-order valence-corrected chi connectivity index (χ0v) is 15.4. The van der Waals surface area contributed by atoms with Crippen LogP contribution in [0.15, 0.2) is 64.0 Å². The number of sulfone groups is 1. The fourth-order valence-corrected chi connectivity index (χ4v) is 4.37. The molecular formula is C18H18BrNO3S.